The quantitative estimate of drug-likeness (QED) is 0.812. The molecule has 1 aromatic rings. The van der Waals surface area contributed by atoms with Gasteiger partial charge in [-0.15, -0.1) is 0 Å². The summed E-state index contributed by atoms with van der Waals surface area (Å²) in [5.41, 5.74) is -0.0729. The molecular weight excluding hydrogens is 242 g/mol. The molecule has 3 heterocycles. The number of hydrogen-bond acceptors (Lipinski definition) is 5. The number of aromatic nitrogens is 2. The molecule has 5 nitrogen and oxygen atoms in total. The van der Waals surface area contributed by atoms with Gasteiger partial charge in [-0.05, 0) is 31.7 Å². The van der Waals surface area contributed by atoms with Gasteiger partial charge in [-0.2, -0.15) is 0 Å². The molecule has 0 aliphatic carbocycles. The summed E-state index contributed by atoms with van der Waals surface area (Å²) in [7, 11) is 1.80. The summed E-state index contributed by atoms with van der Waals surface area (Å²) < 4.78 is 11.8. The summed E-state index contributed by atoms with van der Waals surface area (Å²) in [4.78, 5) is 10.6. The van der Waals surface area contributed by atoms with Crippen molar-refractivity contribution in [1.82, 2.24) is 9.97 Å². The van der Waals surface area contributed by atoms with Crippen molar-refractivity contribution in [3.8, 4) is 0 Å². The Kier molecular flexibility index (Phi) is 3.66. The van der Waals surface area contributed by atoms with Crippen molar-refractivity contribution in [1.29, 1.82) is 0 Å². The standard InChI is InChI=1S/C14H21N3O2/c1-18-12-3-2-10-19-14(12)5-8-17(9-6-14)13-4-7-15-11-16-13/h4,7,11-12H,2-3,5-6,8-10H2,1H3/t12-/m0/s1. The Morgan fingerprint density at radius 3 is 2.95 bits per heavy atom. The molecule has 0 radical (unpaired) electrons. The van der Waals surface area contributed by atoms with Crippen LogP contribution < -0.4 is 4.90 Å². The van der Waals surface area contributed by atoms with Gasteiger partial charge in [0.25, 0.3) is 0 Å². The molecule has 104 valence electrons. The molecule has 0 bridgehead atoms. The highest BCUT2D eigenvalue weighted by atomic mass is 16.5. The van der Waals surface area contributed by atoms with Crippen molar-refractivity contribution in [3.63, 3.8) is 0 Å². The number of ether oxygens (including phenoxy) is 2. The Morgan fingerprint density at radius 1 is 1.42 bits per heavy atom. The second kappa shape index (κ2) is 5.43. The van der Waals surface area contributed by atoms with Gasteiger partial charge in [0.05, 0.1) is 11.7 Å². The number of piperidine rings is 1. The Labute approximate surface area is 113 Å². The van der Waals surface area contributed by atoms with E-state index >= 15 is 0 Å². The summed E-state index contributed by atoms with van der Waals surface area (Å²) in [6, 6.07) is 1.97. The predicted molar refractivity (Wildman–Crippen MR) is 72.2 cm³/mol. The maximum absolute atomic E-state index is 6.11. The zero-order valence-electron chi connectivity index (χ0n) is 11.4. The first kappa shape index (κ1) is 12.8. The van der Waals surface area contributed by atoms with Crippen LogP contribution in [0, 0.1) is 0 Å². The van der Waals surface area contributed by atoms with E-state index < -0.39 is 0 Å². The van der Waals surface area contributed by atoms with Crippen molar-refractivity contribution < 1.29 is 9.47 Å². The third kappa shape index (κ3) is 2.44. The fraction of sp³-hybridized carbons (Fsp3) is 0.714. The lowest BCUT2D eigenvalue weighted by Gasteiger charge is -2.48. The number of hydrogen-bond donors (Lipinski definition) is 0. The molecule has 2 fully saturated rings. The summed E-state index contributed by atoms with van der Waals surface area (Å²) >= 11 is 0. The monoisotopic (exact) mass is 263 g/mol. The van der Waals surface area contributed by atoms with E-state index in [-0.39, 0.29) is 11.7 Å². The molecule has 0 N–H and O–H groups in total. The lowest BCUT2D eigenvalue weighted by molar-refractivity contribution is -0.175. The van der Waals surface area contributed by atoms with E-state index in [9.17, 15) is 0 Å². The predicted octanol–water partition coefficient (Wildman–Crippen LogP) is 1.64. The molecule has 0 unspecified atom stereocenters. The van der Waals surface area contributed by atoms with Crippen LogP contribution in [-0.2, 0) is 9.47 Å². The molecule has 1 spiro atoms. The average molecular weight is 263 g/mol. The maximum atomic E-state index is 6.11. The average Bonchev–Trinajstić information content (AvgIpc) is 2.49. The van der Waals surface area contributed by atoms with E-state index in [4.69, 9.17) is 9.47 Å². The van der Waals surface area contributed by atoms with Gasteiger partial charge in [-0.3, -0.25) is 0 Å². The summed E-state index contributed by atoms with van der Waals surface area (Å²) in [6.45, 7) is 2.81. The number of rotatable bonds is 2. The number of anilines is 1. The van der Waals surface area contributed by atoms with Crippen molar-refractivity contribution in [2.45, 2.75) is 37.4 Å². The van der Waals surface area contributed by atoms with Crippen molar-refractivity contribution in [3.05, 3.63) is 18.6 Å². The summed E-state index contributed by atoms with van der Waals surface area (Å²) in [6.07, 6.45) is 7.88. The van der Waals surface area contributed by atoms with Crippen LogP contribution in [0.25, 0.3) is 0 Å². The minimum absolute atomic E-state index is 0.0729. The molecule has 19 heavy (non-hydrogen) atoms. The van der Waals surface area contributed by atoms with Gasteiger partial charge in [0.2, 0.25) is 0 Å². The first-order valence-electron chi connectivity index (χ1n) is 7.02. The topological polar surface area (TPSA) is 47.5 Å². The zero-order chi connectivity index (χ0) is 13.1. The lowest BCUT2D eigenvalue weighted by Crippen LogP contribution is -2.56. The zero-order valence-corrected chi connectivity index (χ0v) is 11.4. The normalized spacial score (nSPS) is 26.6. The van der Waals surface area contributed by atoms with Gasteiger partial charge in [0, 0.05) is 33.0 Å². The third-order valence-electron chi connectivity index (χ3n) is 4.37. The molecule has 1 aromatic heterocycles. The molecule has 1 atom stereocenters. The molecule has 5 heteroatoms. The van der Waals surface area contributed by atoms with Crippen LogP contribution in [0.2, 0.25) is 0 Å². The molecule has 0 saturated carbocycles. The van der Waals surface area contributed by atoms with Crippen molar-refractivity contribution >= 4 is 5.82 Å². The smallest absolute Gasteiger partial charge is 0.131 e. The Hall–Kier alpha value is -1.20. The van der Waals surface area contributed by atoms with E-state index in [1.807, 2.05) is 6.07 Å². The van der Waals surface area contributed by atoms with E-state index in [0.717, 1.165) is 51.2 Å². The van der Waals surface area contributed by atoms with Crippen LogP contribution in [-0.4, -0.2) is 48.5 Å². The molecule has 2 aliphatic heterocycles. The summed E-state index contributed by atoms with van der Waals surface area (Å²) in [5, 5.41) is 0. The van der Waals surface area contributed by atoms with Crippen LogP contribution in [0.1, 0.15) is 25.7 Å². The molecule has 0 amide bonds. The Balaban J connectivity index is 1.68. The fourth-order valence-electron chi connectivity index (χ4n) is 3.28. The van der Waals surface area contributed by atoms with Crippen LogP contribution >= 0.6 is 0 Å². The molecule has 3 rings (SSSR count). The largest absolute Gasteiger partial charge is 0.378 e. The van der Waals surface area contributed by atoms with Crippen LogP contribution in [0.4, 0.5) is 5.82 Å². The van der Waals surface area contributed by atoms with Gasteiger partial charge in [-0.25, -0.2) is 9.97 Å². The maximum Gasteiger partial charge on any atom is 0.131 e. The second-order valence-electron chi connectivity index (χ2n) is 5.33. The molecule has 2 saturated heterocycles. The molecule has 2 aliphatic rings. The van der Waals surface area contributed by atoms with E-state index in [1.165, 1.54) is 0 Å². The van der Waals surface area contributed by atoms with E-state index in [1.54, 1.807) is 19.6 Å². The minimum Gasteiger partial charge on any atom is -0.378 e. The lowest BCUT2D eigenvalue weighted by atomic mass is 9.82. The fourth-order valence-corrected chi connectivity index (χ4v) is 3.28. The highest BCUT2D eigenvalue weighted by molar-refractivity contribution is 5.37. The second-order valence-corrected chi connectivity index (χ2v) is 5.33. The van der Waals surface area contributed by atoms with E-state index in [2.05, 4.69) is 14.9 Å². The Morgan fingerprint density at radius 2 is 2.26 bits per heavy atom. The minimum atomic E-state index is -0.0729. The highest BCUT2D eigenvalue weighted by Gasteiger charge is 2.44. The van der Waals surface area contributed by atoms with Gasteiger partial charge in [0.15, 0.2) is 0 Å². The van der Waals surface area contributed by atoms with Crippen LogP contribution in [0.5, 0.6) is 0 Å². The van der Waals surface area contributed by atoms with Gasteiger partial charge in [0.1, 0.15) is 12.1 Å². The summed E-state index contributed by atoms with van der Waals surface area (Å²) in [5.74, 6) is 1.01. The molecular formula is C14H21N3O2. The number of nitrogens with zero attached hydrogens (tertiary/aromatic N) is 3. The van der Waals surface area contributed by atoms with Crippen molar-refractivity contribution in [2.75, 3.05) is 31.7 Å². The third-order valence-corrected chi connectivity index (χ3v) is 4.37. The SMILES string of the molecule is CO[C@H]1CCCOC12CCN(c1ccncn1)CC2. The number of methoxy groups -OCH3 is 1. The van der Waals surface area contributed by atoms with Gasteiger partial charge < -0.3 is 14.4 Å². The first-order valence-corrected chi connectivity index (χ1v) is 7.02. The van der Waals surface area contributed by atoms with Crippen molar-refractivity contribution in [2.24, 2.45) is 0 Å². The highest BCUT2D eigenvalue weighted by Crippen LogP contribution is 2.37. The first-order chi connectivity index (χ1) is 9.34. The van der Waals surface area contributed by atoms with Crippen LogP contribution in [0.3, 0.4) is 0 Å². The van der Waals surface area contributed by atoms with Crippen LogP contribution in [0.15, 0.2) is 18.6 Å². The molecule has 0 aromatic carbocycles. The Bertz CT molecular complexity index is 404. The van der Waals surface area contributed by atoms with Gasteiger partial charge >= 0.3 is 0 Å². The van der Waals surface area contributed by atoms with Gasteiger partial charge in [-0.1, -0.05) is 0 Å². The van der Waals surface area contributed by atoms with E-state index in [0.29, 0.717) is 0 Å².